The smallest absolute Gasteiger partial charge is 0.296 e. The van der Waals surface area contributed by atoms with Gasteiger partial charge in [-0.3, -0.25) is 14.9 Å². The minimum atomic E-state index is -0.543. The maximum absolute atomic E-state index is 12.3. The highest BCUT2D eigenvalue weighted by molar-refractivity contribution is 5.95. The van der Waals surface area contributed by atoms with Gasteiger partial charge in [0.2, 0.25) is 5.91 Å². The SMILES string of the molecule is COc1ccc(NC(=O)C2CCCCC2N)c([N+](=O)[O-])c1. The highest BCUT2D eigenvalue weighted by atomic mass is 16.6. The third-order valence-electron chi connectivity index (χ3n) is 3.82. The summed E-state index contributed by atoms with van der Waals surface area (Å²) in [4.78, 5) is 22.8. The van der Waals surface area contributed by atoms with Crippen molar-refractivity contribution in [1.82, 2.24) is 0 Å². The van der Waals surface area contributed by atoms with E-state index in [4.69, 9.17) is 10.5 Å². The summed E-state index contributed by atoms with van der Waals surface area (Å²) in [6.45, 7) is 0. The molecule has 0 bridgehead atoms. The van der Waals surface area contributed by atoms with Crippen molar-refractivity contribution < 1.29 is 14.5 Å². The van der Waals surface area contributed by atoms with E-state index in [1.165, 1.54) is 19.2 Å². The maximum atomic E-state index is 12.3. The molecule has 2 unspecified atom stereocenters. The predicted octanol–water partition coefficient (Wildman–Crippen LogP) is 2.06. The summed E-state index contributed by atoms with van der Waals surface area (Å²) in [7, 11) is 1.43. The molecule has 1 aromatic rings. The maximum Gasteiger partial charge on any atom is 0.296 e. The van der Waals surface area contributed by atoms with Crippen LogP contribution in [-0.2, 0) is 4.79 Å². The molecule has 1 amide bonds. The Hall–Kier alpha value is -2.15. The van der Waals surface area contributed by atoms with Crippen LogP contribution in [0.3, 0.4) is 0 Å². The monoisotopic (exact) mass is 293 g/mol. The predicted molar refractivity (Wildman–Crippen MR) is 78.2 cm³/mol. The molecule has 1 aliphatic carbocycles. The van der Waals surface area contributed by atoms with Crippen molar-refractivity contribution in [3.8, 4) is 5.75 Å². The summed E-state index contributed by atoms with van der Waals surface area (Å²) in [6.07, 6.45) is 3.50. The molecule has 1 aliphatic rings. The molecule has 1 aromatic carbocycles. The molecule has 0 spiro atoms. The minimum Gasteiger partial charge on any atom is -0.496 e. The van der Waals surface area contributed by atoms with Crippen molar-refractivity contribution >= 4 is 17.3 Å². The lowest BCUT2D eigenvalue weighted by atomic mass is 9.84. The van der Waals surface area contributed by atoms with Crippen molar-refractivity contribution in [2.45, 2.75) is 31.7 Å². The molecule has 114 valence electrons. The first-order valence-corrected chi connectivity index (χ1v) is 6.92. The Morgan fingerprint density at radius 3 is 2.76 bits per heavy atom. The number of nitro groups is 1. The highest BCUT2D eigenvalue weighted by Gasteiger charge is 2.29. The number of methoxy groups -OCH3 is 1. The second kappa shape index (κ2) is 6.53. The summed E-state index contributed by atoms with van der Waals surface area (Å²) < 4.78 is 4.96. The Kier molecular flexibility index (Phi) is 4.74. The summed E-state index contributed by atoms with van der Waals surface area (Å²) in [5, 5.41) is 13.7. The van der Waals surface area contributed by atoms with Crippen molar-refractivity contribution in [2.24, 2.45) is 11.7 Å². The lowest BCUT2D eigenvalue weighted by molar-refractivity contribution is -0.384. The lowest BCUT2D eigenvalue weighted by Crippen LogP contribution is -2.40. The molecule has 2 rings (SSSR count). The number of carbonyl (C=O) groups excluding carboxylic acids is 1. The van der Waals surface area contributed by atoms with Crippen LogP contribution in [-0.4, -0.2) is 24.0 Å². The van der Waals surface area contributed by atoms with Gasteiger partial charge in [-0.25, -0.2) is 0 Å². The average Bonchev–Trinajstić information content (AvgIpc) is 2.47. The molecule has 0 aliphatic heterocycles. The zero-order valence-corrected chi connectivity index (χ0v) is 11.9. The van der Waals surface area contributed by atoms with Gasteiger partial charge in [0.1, 0.15) is 11.4 Å². The number of hydrogen-bond acceptors (Lipinski definition) is 5. The first-order chi connectivity index (χ1) is 10.0. The number of nitrogens with zero attached hydrogens (tertiary/aromatic N) is 1. The number of hydrogen-bond donors (Lipinski definition) is 2. The van der Waals surface area contributed by atoms with E-state index in [1.807, 2.05) is 0 Å². The number of rotatable bonds is 4. The molecule has 0 heterocycles. The third kappa shape index (κ3) is 3.49. The number of amides is 1. The topological polar surface area (TPSA) is 107 Å². The minimum absolute atomic E-state index is 0.170. The fourth-order valence-electron chi connectivity index (χ4n) is 2.61. The first kappa shape index (κ1) is 15.2. The Morgan fingerprint density at radius 2 is 2.14 bits per heavy atom. The Balaban J connectivity index is 2.18. The zero-order valence-electron chi connectivity index (χ0n) is 11.9. The molecule has 2 atom stereocenters. The number of nitrogens with two attached hydrogens (primary N) is 1. The van der Waals surface area contributed by atoms with Crippen LogP contribution in [0.2, 0.25) is 0 Å². The van der Waals surface area contributed by atoms with Gasteiger partial charge in [0, 0.05) is 6.04 Å². The number of benzene rings is 1. The van der Waals surface area contributed by atoms with Gasteiger partial charge in [-0.1, -0.05) is 12.8 Å². The summed E-state index contributed by atoms with van der Waals surface area (Å²) in [5.41, 5.74) is 5.94. The molecule has 0 saturated heterocycles. The molecule has 7 nitrogen and oxygen atoms in total. The van der Waals surface area contributed by atoms with E-state index < -0.39 is 4.92 Å². The quantitative estimate of drug-likeness (QED) is 0.652. The largest absolute Gasteiger partial charge is 0.496 e. The van der Waals surface area contributed by atoms with Crippen LogP contribution in [0.4, 0.5) is 11.4 Å². The number of nitrogens with one attached hydrogen (secondary N) is 1. The summed E-state index contributed by atoms with van der Waals surface area (Å²) in [6, 6.07) is 4.15. The van der Waals surface area contributed by atoms with Crippen LogP contribution in [0.1, 0.15) is 25.7 Å². The molecule has 1 saturated carbocycles. The molecule has 3 N–H and O–H groups in total. The molecule has 21 heavy (non-hydrogen) atoms. The standard InChI is InChI=1S/C14H19N3O4/c1-21-9-6-7-12(13(8-9)17(19)20)16-14(18)10-4-2-3-5-11(10)15/h6-8,10-11H,2-5,15H2,1H3,(H,16,18). The van der Waals surface area contributed by atoms with Crippen LogP contribution < -0.4 is 15.8 Å². The van der Waals surface area contributed by atoms with E-state index >= 15 is 0 Å². The van der Waals surface area contributed by atoms with Crippen molar-refractivity contribution in [2.75, 3.05) is 12.4 Å². The second-order valence-corrected chi connectivity index (χ2v) is 5.18. The van der Waals surface area contributed by atoms with Crippen molar-refractivity contribution in [1.29, 1.82) is 0 Å². The Labute approximate surface area is 122 Å². The normalized spacial score (nSPS) is 21.6. The molecule has 0 radical (unpaired) electrons. The zero-order chi connectivity index (χ0) is 15.4. The van der Waals surface area contributed by atoms with Crippen LogP contribution >= 0.6 is 0 Å². The van der Waals surface area contributed by atoms with Crippen LogP contribution in [0.15, 0.2) is 18.2 Å². The van der Waals surface area contributed by atoms with E-state index in [2.05, 4.69) is 5.32 Å². The fraction of sp³-hybridized carbons (Fsp3) is 0.500. The van der Waals surface area contributed by atoms with Gasteiger partial charge >= 0.3 is 0 Å². The Bertz CT molecular complexity index is 547. The van der Waals surface area contributed by atoms with Gasteiger partial charge in [-0.15, -0.1) is 0 Å². The fourth-order valence-corrected chi connectivity index (χ4v) is 2.61. The van der Waals surface area contributed by atoms with Crippen molar-refractivity contribution in [3.63, 3.8) is 0 Å². The number of ether oxygens (including phenoxy) is 1. The van der Waals surface area contributed by atoms with Crippen LogP contribution in [0, 0.1) is 16.0 Å². The summed E-state index contributed by atoms with van der Waals surface area (Å²) >= 11 is 0. The Morgan fingerprint density at radius 1 is 1.43 bits per heavy atom. The van der Waals surface area contributed by atoms with E-state index in [1.54, 1.807) is 6.07 Å². The van der Waals surface area contributed by atoms with E-state index in [9.17, 15) is 14.9 Å². The van der Waals surface area contributed by atoms with Crippen LogP contribution in [0.25, 0.3) is 0 Å². The van der Waals surface area contributed by atoms with E-state index in [0.29, 0.717) is 5.75 Å². The van der Waals surface area contributed by atoms with Gasteiger partial charge in [0.15, 0.2) is 0 Å². The van der Waals surface area contributed by atoms with E-state index in [-0.39, 0.29) is 29.2 Å². The van der Waals surface area contributed by atoms with Gasteiger partial charge in [-0.05, 0) is 25.0 Å². The highest BCUT2D eigenvalue weighted by Crippen LogP contribution is 2.31. The third-order valence-corrected chi connectivity index (χ3v) is 3.82. The molecule has 7 heteroatoms. The van der Waals surface area contributed by atoms with Crippen molar-refractivity contribution in [3.05, 3.63) is 28.3 Å². The van der Waals surface area contributed by atoms with Gasteiger partial charge in [0.25, 0.3) is 5.69 Å². The molecular weight excluding hydrogens is 274 g/mol. The van der Waals surface area contributed by atoms with Gasteiger partial charge in [-0.2, -0.15) is 0 Å². The van der Waals surface area contributed by atoms with E-state index in [0.717, 1.165) is 25.7 Å². The second-order valence-electron chi connectivity index (χ2n) is 5.18. The lowest BCUT2D eigenvalue weighted by Gasteiger charge is -2.27. The molecular formula is C14H19N3O4. The van der Waals surface area contributed by atoms with Gasteiger partial charge < -0.3 is 15.8 Å². The van der Waals surface area contributed by atoms with Crippen LogP contribution in [0.5, 0.6) is 5.75 Å². The summed E-state index contributed by atoms with van der Waals surface area (Å²) in [5.74, 6) is -0.176. The average molecular weight is 293 g/mol. The first-order valence-electron chi connectivity index (χ1n) is 6.92. The number of carbonyl (C=O) groups is 1. The molecule has 1 fully saturated rings. The van der Waals surface area contributed by atoms with Gasteiger partial charge in [0.05, 0.1) is 24.0 Å². The number of anilines is 1. The number of nitro benzene ring substituents is 1. The molecule has 0 aromatic heterocycles.